The molecule has 3 fully saturated rings. The maximum atomic E-state index is 5.33. The summed E-state index contributed by atoms with van der Waals surface area (Å²) in [7, 11) is 0. The second-order valence-corrected chi connectivity index (χ2v) is 6.73. The first-order valence-corrected chi connectivity index (χ1v) is 8.15. The van der Waals surface area contributed by atoms with Gasteiger partial charge in [-0.05, 0) is 64.1 Å². The minimum absolute atomic E-state index is 0.565. The lowest BCUT2D eigenvalue weighted by atomic mass is 9.97. The molecule has 0 radical (unpaired) electrons. The van der Waals surface area contributed by atoms with Crippen LogP contribution in [-0.2, 0) is 6.54 Å². The van der Waals surface area contributed by atoms with Crippen molar-refractivity contribution in [2.24, 2.45) is 5.92 Å². The Kier molecular flexibility index (Phi) is 3.48. The Labute approximate surface area is 120 Å². The monoisotopic (exact) mass is 276 g/mol. The van der Waals surface area contributed by atoms with Crippen molar-refractivity contribution in [1.82, 2.24) is 20.4 Å². The average molecular weight is 276 g/mol. The molecule has 0 aromatic carbocycles. The third kappa shape index (κ3) is 3.20. The van der Waals surface area contributed by atoms with Crippen LogP contribution in [0.1, 0.15) is 56.2 Å². The molecule has 1 aromatic rings. The Morgan fingerprint density at radius 1 is 1.10 bits per heavy atom. The highest BCUT2D eigenvalue weighted by Gasteiger charge is 2.30. The summed E-state index contributed by atoms with van der Waals surface area (Å²) in [6, 6.07) is 0.841. The van der Waals surface area contributed by atoms with Crippen LogP contribution >= 0.6 is 0 Å². The summed E-state index contributed by atoms with van der Waals surface area (Å²) in [5.41, 5.74) is 0. The molecule has 4 rings (SSSR count). The molecule has 1 N–H and O–H groups in total. The third-order valence-electron chi connectivity index (χ3n) is 4.76. The van der Waals surface area contributed by atoms with E-state index in [1.807, 2.05) is 0 Å². The van der Waals surface area contributed by atoms with Gasteiger partial charge in [-0.25, -0.2) is 0 Å². The van der Waals surface area contributed by atoms with Crippen molar-refractivity contribution in [3.8, 4) is 0 Å². The second kappa shape index (κ2) is 5.45. The summed E-state index contributed by atoms with van der Waals surface area (Å²) in [4.78, 5) is 6.99. The van der Waals surface area contributed by atoms with Gasteiger partial charge in [-0.3, -0.25) is 4.90 Å². The van der Waals surface area contributed by atoms with E-state index in [4.69, 9.17) is 4.52 Å². The third-order valence-corrected chi connectivity index (χ3v) is 4.76. The van der Waals surface area contributed by atoms with Gasteiger partial charge in [0.2, 0.25) is 5.89 Å². The van der Waals surface area contributed by atoms with Gasteiger partial charge in [-0.2, -0.15) is 4.98 Å². The van der Waals surface area contributed by atoms with Crippen molar-refractivity contribution in [2.45, 2.75) is 57.0 Å². The van der Waals surface area contributed by atoms with E-state index < -0.39 is 0 Å². The second-order valence-electron chi connectivity index (χ2n) is 6.73. The molecule has 1 saturated heterocycles. The predicted molar refractivity (Wildman–Crippen MR) is 75.3 cm³/mol. The zero-order chi connectivity index (χ0) is 13.4. The average Bonchev–Trinajstić information content (AvgIpc) is 3.39. The Hall–Kier alpha value is -0.940. The van der Waals surface area contributed by atoms with Gasteiger partial charge < -0.3 is 9.84 Å². The lowest BCUT2D eigenvalue weighted by molar-refractivity contribution is 0.170. The SMILES string of the molecule is C1CN(Cc2noc(C3CC3)n2)CCC1CNC1CC1. The summed E-state index contributed by atoms with van der Waals surface area (Å²) in [5, 5.41) is 7.77. The maximum absolute atomic E-state index is 5.33. The number of nitrogens with zero attached hydrogens (tertiary/aromatic N) is 3. The molecule has 0 amide bonds. The fraction of sp³-hybridized carbons (Fsp3) is 0.867. The van der Waals surface area contributed by atoms with Gasteiger partial charge in [-0.15, -0.1) is 0 Å². The fourth-order valence-electron chi connectivity index (χ4n) is 3.00. The Balaban J connectivity index is 1.21. The summed E-state index contributed by atoms with van der Waals surface area (Å²) < 4.78 is 5.33. The molecule has 0 unspecified atom stereocenters. The normalized spacial score (nSPS) is 25.2. The molecule has 5 nitrogen and oxygen atoms in total. The van der Waals surface area contributed by atoms with E-state index in [1.165, 1.54) is 58.2 Å². The van der Waals surface area contributed by atoms with Crippen LogP contribution in [0.4, 0.5) is 0 Å². The lowest BCUT2D eigenvalue weighted by Gasteiger charge is -2.31. The molecule has 2 aliphatic carbocycles. The van der Waals surface area contributed by atoms with Gasteiger partial charge in [-0.1, -0.05) is 5.16 Å². The van der Waals surface area contributed by atoms with E-state index in [0.717, 1.165) is 30.2 Å². The van der Waals surface area contributed by atoms with Crippen LogP contribution < -0.4 is 5.32 Å². The highest BCUT2D eigenvalue weighted by molar-refractivity contribution is 5.01. The predicted octanol–water partition coefficient (Wildman–Crippen LogP) is 1.91. The van der Waals surface area contributed by atoms with Gasteiger partial charge in [0.15, 0.2) is 5.82 Å². The lowest BCUT2D eigenvalue weighted by Crippen LogP contribution is -2.37. The van der Waals surface area contributed by atoms with Crippen LogP contribution in [0.25, 0.3) is 0 Å². The van der Waals surface area contributed by atoms with Crippen molar-refractivity contribution in [1.29, 1.82) is 0 Å². The van der Waals surface area contributed by atoms with Crippen LogP contribution in [0.5, 0.6) is 0 Å². The molecule has 20 heavy (non-hydrogen) atoms. The molecule has 0 spiro atoms. The van der Waals surface area contributed by atoms with Gasteiger partial charge >= 0.3 is 0 Å². The maximum Gasteiger partial charge on any atom is 0.229 e. The van der Waals surface area contributed by atoms with Crippen LogP contribution in [0, 0.1) is 5.92 Å². The van der Waals surface area contributed by atoms with E-state index in [2.05, 4.69) is 20.4 Å². The smallest absolute Gasteiger partial charge is 0.229 e. The molecular formula is C15H24N4O. The quantitative estimate of drug-likeness (QED) is 0.860. The molecule has 2 heterocycles. The first-order chi connectivity index (χ1) is 9.87. The molecule has 2 saturated carbocycles. The number of nitrogens with one attached hydrogen (secondary N) is 1. The van der Waals surface area contributed by atoms with Gasteiger partial charge in [0.05, 0.1) is 6.54 Å². The molecule has 5 heteroatoms. The standard InChI is InChI=1S/C15H24N4O/c1-2-12(1)15-17-14(18-20-15)10-19-7-5-11(6-8-19)9-16-13-3-4-13/h11-13,16H,1-10H2. The Bertz CT molecular complexity index is 444. The summed E-state index contributed by atoms with van der Waals surface area (Å²) in [5.74, 6) is 3.17. The van der Waals surface area contributed by atoms with Crippen LogP contribution in [-0.4, -0.2) is 40.7 Å². The Morgan fingerprint density at radius 2 is 1.90 bits per heavy atom. The van der Waals surface area contributed by atoms with E-state index in [1.54, 1.807) is 0 Å². The molecule has 110 valence electrons. The van der Waals surface area contributed by atoms with Crippen LogP contribution in [0.15, 0.2) is 4.52 Å². The molecule has 0 atom stereocenters. The first kappa shape index (κ1) is 12.8. The van der Waals surface area contributed by atoms with E-state index in [-0.39, 0.29) is 0 Å². The van der Waals surface area contributed by atoms with Crippen molar-refractivity contribution < 1.29 is 4.52 Å². The molecular weight excluding hydrogens is 252 g/mol. The highest BCUT2D eigenvalue weighted by atomic mass is 16.5. The van der Waals surface area contributed by atoms with Gasteiger partial charge in [0, 0.05) is 12.0 Å². The topological polar surface area (TPSA) is 54.2 Å². The van der Waals surface area contributed by atoms with E-state index in [0.29, 0.717) is 5.92 Å². The van der Waals surface area contributed by atoms with Crippen molar-refractivity contribution in [2.75, 3.05) is 19.6 Å². The summed E-state index contributed by atoms with van der Waals surface area (Å²) in [6.45, 7) is 4.42. The van der Waals surface area contributed by atoms with Crippen LogP contribution in [0.2, 0.25) is 0 Å². The number of aromatic nitrogens is 2. The zero-order valence-electron chi connectivity index (χ0n) is 12.1. The molecule has 3 aliphatic rings. The minimum Gasteiger partial charge on any atom is -0.339 e. The van der Waals surface area contributed by atoms with E-state index in [9.17, 15) is 0 Å². The number of rotatable bonds is 6. The molecule has 1 aliphatic heterocycles. The molecule has 0 bridgehead atoms. The highest BCUT2D eigenvalue weighted by Crippen LogP contribution is 2.38. The van der Waals surface area contributed by atoms with Crippen LogP contribution in [0.3, 0.4) is 0 Å². The van der Waals surface area contributed by atoms with Crippen molar-refractivity contribution in [3.63, 3.8) is 0 Å². The zero-order valence-corrected chi connectivity index (χ0v) is 12.1. The number of hydrogen-bond donors (Lipinski definition) is 1. The van der Waals surface area contributed by atoms with E-state index >= 15 is 0 Å². The first-order valence-electron chi connectivity index (χ1n) is 8.15. The fourth-order valence-corrected chi connectivity index (χ4v) is 3.00. The number of likely N-dealkylation sites (tertiary alicyclic amines) is 1. The van der Waals surface area contributed by atoms with Crippen molar-refractivity contribution in [3.05, 3.63) is 11.7 Å². The van der Waals surface area contributed by atoms with Crippen molar-refractivity contribution >= 4 is 0 Å². The summed E-state index contributed by atoms with van der Waals surface area (Å²) >= 11 is 0. The number of piperidine rings is 1. The Morgan fingerprint density at radius 3 is 2.60 bits per heavy atom. The number of hydrogen-bond acceptors (Lipinski definition) is 5. The summed E-state index contributed by atoms with van der Waals surface area (Å²) in [6.07, 6.45) is 7.82. The largest absolute Gasteiger partial charge is 0.339 e. The molecule has 1 aromatic heterocycles. The van der Waals surface area contributed by atoms with Gasteiger partial charge in [0.25, 0.3) is 0 Å². The van der Waals surface area contributed by atoms with Gasteiger partial charge in [0.1, 0.15) is 0 Å². The minimum atomic E-state index is 0.565.